The number of ether oxygens (including phenoxy) is 1. The number of carbonyl (C=O) groups is 1. The molecule has 1 aliphatic rings. The molecule has 3 aromatic rings. The van der Waals surface area contributed by atoms with Crippen molar-refractivity contribution in [2.24, 2.45) is 7.05 Å². The molecule has 0 atom stereocenters. The van der Waals surface area contributed by atoms with Crippen molar-refractivity contribution in [2.45, 2.75) is 26.4 Å². The zero-order valence-corrected chi connectivity index (χ0v) is 16.0. The maximum Gasteiger partial charge on any atom is 0.333 e. The van der Waals surface area contributed by atoms with Gasteiger partial charge < -0.3 is 14.2 Å². The van der Waals surface area contributed by atoms with Crippen molar-refractivity contribution in [1.82, 2.24) is 18.7 Å². The fourth-order valence-corrected chi connectivity index (χ4v) is 3.57. The van der Waals surface area contributed by atoms with Gasteiger partial charge in [0.05, 0.1) is 7.11 Å². The number of rotatable bonds is 3. The maximum atomic E-state index is 13.0. The minimum atomic E-state index is -0.654. The molecule has 9 nitrogen and oxygen atoms in total. The largest absolute Gasteiger partial charge is 0.468 e. The average molecular weight is 383 g/mol. The van der Waals surface area contributed by atoms with Crippen LogP contribution in [0.1, 0.15) is 12.0 Å². The molecule has 3 heterocycles. The molecule has 0 saturated heterocycles. The summed E-state index contributed by atoms with van der Waals surface area (Å²) in [7, 11) is 2.77. The number of carbonyl (C=O) groups excluding carboxylic acids is 1. The minimum absolute atomic E-state index is 0.310. The first-order chi connectivity index (χ1) is 13.4. The molecular formula is C19H21N5O4. The summed E-state index contributed by atoms with van der Waals surface area (Å²) in [5, 5.41) is 0. The van der Waals surface area contributed by atoms with Gasteiger partial charge in [0.15, 0.2) is 11.2 Å². The molecule has 0 N–H and O–H groups in total. The number of benzene rings is 1. The quantitative estimate of drug-likeness (QED) is 0.625. The predicted molar refractivity (Wildman–Crippen MR) is 104 cm³/mol. The number of fused-ring (bicyclic) bond motifs is 3. The van der Waals surface area contributed by atoms with Gasteiger partial charge in [-0.25, -0.2) is 9.36 Å². The van der Waals surface area contributed by atoms with Crippen LogP contribution in [0.25, 0.3) is 11.2 Å². The Labute approximate surface area is 160 Å². The van der Waals surface area contributed by atoms with Crippen molar-refractivity contribution >= 4 is 28.8 Å². The minimum Gasteiger partial charge on any atom is -0.468 e. The summed E-state index contributed by atoms with van der Waals surface area (Å²) in [5.41, 5.74) is 1.63. The van der Waals surface area contributed by atoms with Gasteiger partial charge in [0.1, 0.15) is 6.54 Å². The molecule has 2 aromatic heterocycles. The Morgan fingerprint density at radius 3 is 2.57 bits per heavy atom. The van der Waals surface area contributed by atoms with E-state index >= 15 is 0 Å². The Balaban J connectivity index is 1.95. The molecule has 0 fully saturated rings. The van der Waals surface area contributed by atoms with Crippen molar-refractivity contribution < 1.29 is 9.53 Å². The molecule has 1 aromatic carbocycles. The lowest BCUT2D eigenvalue weighted by molar-refractivity contribution is -0.141. The van der Waals surface area contributed by atoms with E-state index in [-0.39, 0.29) is 0 Å². The first-order valence-electron chi connectivity index (χ1n) is 9.03. The fourth-order valence-electron chi connectivity index (χ4n) is 3.57. The van der Waals surface area contributed by atoms with E-state index in [1.807, 2.05) is 40.7 Å². The summed E-state index contributed by atoms with van der Waals surface area (Å²) in [6, 6.07) is 8.07. The van der Waals surface area contributed by atoms with Crippen LogP contribution in [-0.4, -0.2) is 38.3 Å². The number of aryl methyl sites for hydroxylation is 3. The normalized spacial score (nSPS) is 13.6. The molecule has 0 bridgehead atoms. The molecule has 146 valence electrons. The molecule has 0 amide bonds. The van der Waals surface area contributed by atoms with Crippen LogP contribution >= 0.6 is 0 Å². The van der Waals surface area contributed by atoms with Gasteiger partial charge in [0, 0.05) is 25.8 Å². The number of hydrogen-bond donors (Lipinski definition) is 0. The number of anilines is 2. The van der Waals surface area contributed by atoms with Crippen molar-refractivity contribution in [3.8, 4) is 0 Å². The lowest BCUT2D eigenvalue weighted by atomic mass is 10.2. The van der Waals surface area contributed by atoms with Gasteiger partial charge >= 0.3 is 11.7 Å². The Kier molecular flexibility index (Phi) is 4.29. The van der Waals surface area contributed by atoms with E-state index in [9.17, 15) is 14.4 Å². The van der Waals surface area contributed by atoms with E-state index in [1.165, 1.54) is 11.7 Å². The number of hydrogen-bond acceptors (Lipinski definition) is 6. The summed E-state index contributed by atoms with van der Waals surface area (Å²) < 4.78 is 8.65. The van der Waals surface area contributed by atoms with Gasteiger partial charge in [0.2, 0.25) is 5.95 Å². The molecule has 0 radical (unpaired) electrons. The number of aromatic nitrogens is 4. The van der Waals surface area contributed by atoms with Gasteiger partial charge in [-0.2, -0.15) is 4.98 Å². The van der Waals surface area contributed by atoms with Crippen LogP contribution in [-0.2, 0) is 29.7 Å². The van der Waals surface area contributed by atoms with E-state index in [2.05, 4.69) is 9.72 Å². The van der Waals surface area contributed by atoms with Crippen molar-refractivity contribution in [2.75, 3.05) is 18.6 Å². The monoisotopic (exact) mass is 383 g/mol. The van der Waals surface area contributed by atoms with Crippen molar-refractivity contribution in [3.63, 3.8) is 0 Å². The van der Waals surface area contributed by atoms with Crippen LogP contribution in [0.15, 0.2) is 33.9 Å². The SMILES string of the molecule is COC(=O)Cn1c(=O)c2c(nc3n2CCCN3c2ccc(C)cc2)n(C)c1=O. The topological polar surface area (TPSA) is 91.4 Å². The first-order valence-corrected chi connectivity index (χ1v) is 9.03. The molecule has 0 aliphatic carbocycles. The number of nitrogens with zero attached hydrogens (tertiary/aromatic N) is 5. The Bertz CT molecular complexity index is 1190. The highest BCUT2D eigenvalue weighted by Gasteiger charge is 2.27. The van der Waals surface area contributed by atoms with Crippen LogP contribution in [0.2, 0.25) is 0 Å². The number of methoxy groups -OCH3 is 1. The van der Waals surface area contributed by atoms with E-state index < -0.39 is 23.8 Å². The third-order valence-electron chi connectivity index (χ3n) is 5.08. The van der Waals surface area contributed by atoms with E-state index in [4.69, 9.17) is 0 Å². The smallest absolute Gasteiger partial charge is 0.333 e. The molecule has 0 unspecified atom stereocenters. The number of esters is 1. The molecule has 28 heavy (non-hydrogen) atoms. The van der Waals surface area contributed by atoms with Crippen LogP contribution in [0.5, 0.6) is 0 Å². The van der Waals surface area contributed by atoms with E-state index in [1.54, 1.807) is 7.05 Å². The molecule has 0 spiro atoms. The van der Waals surface area contributed by atoms with Gasteiger partial charge in [-0.15, -0.1) is 0 Å². The summed E-state index contributed by atoms with van der Waals surface area (Å²) >= 11 is 0. The lowest BCUT2D eigenvalue weighted by Crippen LogP contribution is -2.41. The van der Waals surface area contributed by atoms with E-state index in [0.29, 0.717) is 23.7 Å². The third kappa shape index (κ3) is 2.70. The summed E-state index contributed by atoms with van der Waals surface area (Å²) in [4.78, 5) is 44.0. The van der Waals surface area contributed by atoms with Gasteiger partial charge in [-0.05, 0) is 25.5 Å². The first kappa shape index (κ1) is 18.0. The molecule has 9 heteroatoms. The predicted octanol–water partition coefficient (Wildman–Crippen LogP) is 0.920. The maximum absolute atomic E-state index is 13.0. The second-order valence-corrected chi connectivity index (χ2v) is 6.89. The van der Waals surface area contributed by atoms with Crippen molar-refractivity contribution in [3.05, 3.63) is 50.7 Å². The highest BCUT2D eigenvalue weighted by molar-refractivity contribution is 5.77. The van der Waals surface area contributed by atoms with Gasteiger partial charge in [-0.1, -0.05) is 17.7 Å². The van der Waals surface area contributed by atoms with Crippen LogP contribution in [0, 0.1) is 6.92 Å². The fraction of sp³-hybridized carbons (Fsp3) is 0.368. The Morgan fingerprint density at radius 2 is 1.89 bits per heavy atom. The summed E-state index contributed by atoms with van der Waals surface area (Å²) in [6.07, 6.45) is 0.825. The highest BCUT2D eigenvalue weighted by Crippen LogP contribution is 2.30. The standard InChI is InChI=1S/C19H21N5O4/c1-12-5-7-13(8-6-12)22-9-4-10-23-15-16(20-18(22)23)21(2)19(27)24(17(15)26)11-14(25)28-3/h5-8H,4,9-11H2,1-3H3. The molecular weight excluding hydrogens is 362 g/mol. The highest BCUT2D eigenvalue weighted by atomic mass is 16.5. The van der Waals surface area contributed by atoms with Crippen LogP contribution < -0.4 is 16.1 Å². The molecule has 0 saturated carbocycles. The van der Waals surface area contributed by atoms with Crippen LogP contribution in [0.3, 0.4) is 0 Å². The third-order valence-corrected chi connectivity index (χ3v) is 5.08. The number of imidazole rings is 1. The zero-order chi connectivity index (χ0) is 20.0. The lowest BCUT2D eigenvalue weighted by Gasteiger charge is -2.29. The van der Waals surface area contributed by atoms with Gasteiger partial charge in [0.25, 0.3) is 5.56 Å². The second-order valence-electron chi connectivity index (χ2n) is 6.89. The molecule has 4 rings (SSSR count). The summed E-state index contributed by atoms with van der Waals surface area (Å²) in [5.74, 6) is -0.0359. The van der Waals surface area contributed by atoms with Crippen LogP contribution in [0.4, 0.5) is 11.6 Å². The summed E-state index contributed by atoms with van der Waals surface area (Å²) in [6.45, 7) is 2.96. The molecule has 1 aliphatic heterocycles. The Hall–Kier alpha value is -3.36. The van der Waals surface area contributed by atoms with E-state index in [0.717, 1.165) is 28.8 Å². The van der Waals surface area contributed by atoms with Crippen molar-refractivity contribution in [1.29, 1.82) is 0 Å². The Morgan fingerprint density at radius 1 is 1.18 bits per heavy atom. The second kappa shape index (κ2) is 6.66. The van der Waals surface area contributed by atoms with Gasteiger partial charge in [-0.3, -0.25) is 14.2 Å². The zero-order valence-electron chi connectivity index (χ0n) is 16.0. The average Bonchev–Trinajstić information content (AvgIpc) is 3.10.